The molecular weight excluding hydrogens is 232 g/mol. The number of hydrogen-bond donors (Lipinski definition) is 2. The second-order valence-corrected chi connectivity index (χ2v) is 5.29. The molecule has 0 aliphatic heterocycles. The van der Waals surface area contributed by atoms with Crippen molar-refractivity contribution in [2.45, 2.75) is 52.2 Å². The Kier molecular flexibility index (Phi) is 4.01. The standard InChI is InChI=1S/C13H20N2O3/c1-8(2)5-13(17)14-9-3-4-12-10(6-9)11(7-16)15-18-12/h8-9,16H,3-7H2,1-2H3,(H,14,17). The summed E-state index contributed by atoms with van der Waals surface area (Å²) in [5, 5.41) is 16.0. The Labute approximate surface area is 107 Å². The zero-order chi connectivity index (χ0) is 13.1. The third-order valence-electron chi connectivity index (χ3n) is 3.23. The molecule has 1 unspecified atom stereocenters. The first-order chi connectivity index (χ1) is 8.60. The maximum Gasteiger partial charge on any atom is 0.220 e. The van der Waals surface area contributed by atoms with Gasteiger partial charge < -0.3 is 14.9 Å². The molecule has 1 amide bonds. The molecule has 0 spiro atoms. The minimum absolute atomic E-state index is 0.0976. The van der Waals surface area contributed by atoms with Crippen molar-refractivity contribution in [3.63, 3.8) is 0 Å². The predicted molar refractivity (Wildman–Crippen MR) is 65.8 cm³/mol. The lowest BCUT2D eigenvalue weighted by atomic mass is 9.92. The van der Waals surface area contributed by atoms with Gasteiger partial charge in [-0.15, -0.1) is 0 Å². The smallest absolute Gasteiger partial charge is 0.220 e. The zero-order valence-electron chi connectivity index (χ0n) is 10.9. The summed E-state index contributed by atoms with van der Waals surface area (Å²) in [7, 11) is 0. The number of hydrogen-bond acceptors (Lipinski definition) is 4. The van der Waals surface area contributed by atoms with Crippen LogP contribution in [0.1, 0.15) is 43.7 Å². The van der Waals surface area contributed by atoms with Gasteiger partial charge in [0.25, 0.3) is 0 Å². The van der Waals surface area contributed by atoms with Gasteiger partial charge in [0, 0.05) is 24.4 Å². The average Bonchev–Trinajstić information content (AvgIpc) is 2.70. The van der Waals surface area contributed by atoms with Gasteiger partial charge in [0.05, 0.1) is 6.61 Å². The van der Waals surface area contributed by atoms with Crippen LogP contribution in [0.15, 0.2) is 4.52 Å². The number of amides is 1. The second-order valence-electron chi connectivity index (χ2n) is 5.29. The summed E-state index contributed by atoms with van der Waals surface area (Å²) in [6.45, 7) is 3.95. The Morgan fingerprint density at radius 1 is 1.61 bits per heavy atom. The van der Waals surface area contributed by atoms with Crippen LogP contribution < -0.4 is 5.32 Å². The lowest BCUT2D eigenvalue weighted by molar-refractivity contribution is -0.122. The van der Waals surface area contributed by atoms with E-state index in [4.69, 9.17) is 9.63 Å². The van der Waals surface area contributed by atoms with Crippen LogP contribution in [-0.4, -0.2) is 22.2 Å². The first-order valence-electron chi connectivity index (χ1n) is 6.46. The van der Waals surface area contributed by atoms with Crippen molar-refractivity contribution >= 4 is 5.91 Å². The number of aryl methyl sites for hydroxylation is 1. The zero-order valence-corrected chi connectivity index (χ0v) is 10.9. The Morgan fingerprint density at radius 2 is 2.39 bits per heavy atom. The Morgan fingerprint density at radius 3 is 3.06 bits per heavy atom. The molecule has 1 aliphatic carbocycles. The maximum absolute atomic E-state index is 11.7. The molecule has 1 aromatic heterocycles. The number of carbonyl (C=O) groups is 1. The van der Waals surface area contributed by atoms with E-state index in [1.54, 1.807) is 0 Å². The van der Waals surface area contributed by atoms with Crippen LogP contribution in [0.5, 0.6) is 0 Å². The highest BCUT2D eigenvalue weighted by Crippen LogP contribution is 2.24. The van der Waals surface area contributed by atoms with E-state index in [1.807, 2.05) is 13.8 Å². The van der Waals surface area contributed by atoms with E-state index in [2.05, 4.69) is 10.5 Å². The molecule has 0 radical (unpaired) electrons. The van der Waals surface area contributed by atoms with Gasteiger partial charge in [0.1, 0.15) is 11.5 Å². The number of carbonyl (C=O) groups excluding carboxylic acids is 1. The fourth-order valence-electron chi connectivity index (χ4n) is 2.37. The van der Waals surface area contributed by atoms with Crippen LogP contribution in [-0.2, 0) is 24.2 Å². The van der Waals surface area contributed by atoms with E-state index >= 15 is 0 Å². The van der Waals surface area contributed by atoms with E-state index in [-0.39, 0.29) is 18.6 Å². The van der Waals surface area contributed by atoms with E-state index in [9.17, 15) is 4.79 Å². The summed E-state index contributed by atoms with van der Waals surface area (Å²) in [6.07, 6.45) is 2.91. The molecule has 100 valence electrons. The number of fused-ring (bicyclic) bond motifs is 1. The highest BCUT2D eigenvalue weighted by atomic mass is 16.5. The van der Waals surface area contributed by atoms with Crippen molar-refractivity contribution in [3.8, 4) is 0 Å². The molecule has 0 bridgehead atoms. The van der Waals surface area contributed by atoms with Crippen molar-refractivity contribution < 1.29 is 14.4 Å². The Balaban J connectivity index is 1.96. The maximum atomic E-state index is 11.7. The van der Waals surface area contributed by atoms with Gasteiger partial charge in [-0.1, -0.05) is 19.0 Å². The molecule has 2 rings (SSSR count). The predicted octanol–water partition coefficient (Wildman–Crippen LogP) is 1.19. The van der Waals surface area contributed by atoms with E-state index in [0.29, 0.717) is 24.5 Å². The van der Waals surface area contributed by atoms with Crippen molar-refractivity contribution in [1.82, 2.24) is 10.5 Å². The Bertz CT molecular complexity index is 412. The number of aliphatic hydroxyl groups is 1. The summed E-state index contributed by atoms with van der Waals surface area (Å²) in [4.78, 5) is 11.7. The molecule has 1 aromatic rings. The van der Waals surface area contributed by atoms with Gasteiger partial charge >= 0.3 is 0 Å². The molecule has 1 atom stereocenters. The third kappa shape index (κ3) is 2.90. The molecule has 0 fully saturated rings. The van der Waals surface area contributed by atoms with Gasteiger partial charge in [0.2, 0.25) is 5.91 Å². The van der Waals surface area contributed by atoms with Crippen LogP contribution in [0, 0.1) is 5.92 Å². The van der Waals surface area contributed by atoms with E-state index in [1.165, 1.54) is 0 Å². The lowest BCUT2D eigenvalue weighted by Crippen LogP contribution is -2.39. The highest BCUT2D eigenvalue weighted by molar-refractivity contribution is 5.76. The Hall–Kier alpha value is -1.36. The third-order valence-corrected chi connectivity index (χ3v) is 3.23. The summed E-state index contributed by atoms with van der Waals surface area (Å²) in [5.41, 5.74) is 1.58. The van der Waals surface area contributed by atoms with Crippen LogP contribution >= 0.6 is 0 Å². The molecule has 1 heterocycles. The SMILES string of the molecule is CC(C)CC(=O)NC1CCc2onc(CO)c2C1. The van der Waals surface area contributed by atoms with E-state index < -0.39 is 0 Å². The number of nitrogens with one attached hydrogen (secondary N) is 1. The topological polar surface area (TPSA) is 75.4 Å². The fraction of sp³-hybridized carbons (Fsp3) is 0.692. The van der Waals surface area contributed by atoms with Crippen molar-refractivity contribution in [3.05, 3.63) is 17.0 Å². The van der Waals surface area contributed by atoms with Crippen LogP contribution in [0.4, 0.5) is 0 Å². The second kappa shape index (κ2) is 5.52. The molecular formula is C13H20N2O3. The van der Waals surface area contributed by atoms with Gasteiger partial charge in [-0.25, -0.2) is 0 Å². The first kappa shape index (κ1) is 13.1. The van der Waals surface area contributed by atoms with E-state index in [0.717, 1.165) is 24.2 Å². The summed E-state index contributed by atoms with van der Waals surface area (Å²) < 4.78 is 5.17. The largest absolute Gasteiger partial charge is 0.390 e. The number of aromatic nitrogens is 1. The number of rotatable bonds is 4. The monoisotopic (exact) mass is 252 g/mol. The molecule has 5 nitrogen and oxygen atoms in total. The van der Waals surface area contributed by atoms with Gasteiger partial charge in [-0.2, -0.15) is 0 Å². The molecule has 1 aliphatic rings. The average molecular weight is 252 g/mol. The summed E-state index contributed by atoms with van der Waals surface area (Å²) >= 11 is 0. The number of nitrogens with zero attached hydrogens (tertiary/aromatic N) is 1. The quantitative estimate of drug-likeness (QED) is 0.844. The molecule has 0 saturated heterocycles. The van der Waals surface area contributed by atoms with Gasteiger partial charge in [0.15, 0.2) is 0 Å². The molecule has 18 heavy (non-hydrogen) atoms. The highest BCUT2D eigenvalue weighted by Gasteiger charge is 2.26. The molecule has 5 heteroatoms. The normalized spacial score (nSPS) is 18.8. The van der Waals surface area contributed by atoms with Crippen LogP contribution in [0.25, 0.3) is 0 Å². The molecule has 0 saturated carbocycles. The minimum atomic E-state index is -0.106. The van der Waals surface area contributed by atoms with Crippen molar-refractivity contribution in [2.24, 2.45) is 5.92 Å². The first-order valence-corrected chi connectivity index (χ1v) is 6.46. The van der Waals surface area contributed by atoms with Crippen LogP contribution in [0.3, 0.4) is 0 Å². The van der Waals surface area contributed by atoms with Crippen molar-refractivity contribution in [2.75, 3.05) is 0 Å². The molecule has 0 aromatic carbocycles. The summed E-state index contributed by atoms with van der Waals surface area (Å²) in [6, 6.07) is 0.133. The lowest BCUT2D eigenvalue weighted by Gasteiger charge is -2.22. The number of aliphatic hydroxyl groups excluding tert-OH is 1. The molecule has 2 N–H and O–H groups in total. The minimum Gasteiger partial charge on any atom is -0.390 e. The van der Waals surface area contributed by atoms with Crippen LogP contribution in [0.2, 0.25) is 0 Å². The summed E-state index contributed by atoms with van der Waals surface area (Å²) in [5.74, 6) is 1.32. The van der Waals surface area contributed by atoms with Gasteiger partial charge in [-0.05, 0) is 18.8 Å². The fourth-order valence-corrected chi connectivity index (χ4v) is 2.37. The van der Waals surface area contributed by atoms with Gasteiger partial charge in [-0.3, -0.25) is 4.79 Å². The van der Waals surface area contributed by atoms with Crippen molar-refractivity contribution in [1.29, 1.82) is 0 Å².